The van der Waals surface area contributed by atoms with E-state index in [1.54, 1.807) is 31.4 Å². The molecule has 7 heteroatoms. The van der Waals surface area contributed by atoms with Crippen LogP contribution in [0.25, 0.3) is 0 Å². The molecule has 0 saturated carbocycles. The van der Waals surface area contributed by atoms with E-state index in [-0.39, 0.29) is 43.0 Å². The number of carbonyl (C=O) groups is 3. The van der Waals surface area contributed by atoms with Crippen molar-refractivity contribution in [3.8, 4) is 5.75 Å². The fraction of sp³-hybridized carbons (Fsp3) is 0.500. The summed E-state index contributed by atoms with van der Waals surface area (Å²) in [7, 11) is 1.55. The van der Waals surface area contributed by atoms with Crippen LogP contribution in [0.4, 0.5) is 0 Å². The van der Waals surface area contributed by atoms with Crippen LogP contribution in [-0.2, 0) is 9.59 Å². The third-order valence-electron chi connectivity index (χ3n) is 4.10. The van der Waals surface area contributed by atoms with E-state index in [1.165, 1.54) is 0 Å². The number of hydrogen-bond donors (Lipinski definition) is 3. The quantitative estimate of drug-likeness (QED) is 0.600. The highest BCUT2D eigenvalue weighted by Gasteiger charge is 2.16. The molecule has 1 atom stereocenters. The number of benzene rings is 1. The van der Waals surface area contributed by atoms with Crippen molar-refractivity contribution in [3.63, 3.8) is 0 Å². The molecule has 0 spiro atoms. The van der Waals surface area contributed by atoms with Crippen molar-refractivity contribution in [1.82, 2.24) is 16.0 Å². The molecular weight excluding hydrogens is 322 g/mol. The van der Waals surface area contributed by atoms with E-state index in [0.29, 0.717) is 11.3 Å². The average Bonchev–Trinajstić information content (AvgIpc) is 2.65. The Kier molecular flexibility index (Phi) is 7.40. The molecule has 1 fully saturated rings. The zero-order valence-corrected chi connectivity index (χ0v) is 14.5. The van der Waals surface area contributed by atoms with Crippen LogP contribution in [0.2, 0.25) is 0 Å². The minimum atomic E-state index is -0.307. The molecule has 1 aliphatic heterocycles. The summed E-state index contributed by atoms with van der Waals surface area (Å²) in [5.41, 5.74) is 0.503. The first kappa shape index (κ1) is 18.9. The Morgan fingerprint density at radius 1 is 1.16 bits per heavy atom. The van der Waals surface area contributed by atoms with Gasteiger partial charge in [0.1, 0.15) is 5.75 Å². The van der Waals surface area contributed by atoms with Crippen LogP contribution in [0.15, 0.2) is 24.3 Å². The number of ether oxygens (including phenoxy) is 1. The molecule has 136 valence electrons. The fourth-order valence-electron chi connectivity index (χ4n) is 2.65. The maximum atomic E-state index is 12.0. The molecule has 0 aliphatic carbocycles. The molecule has 1 aromatic carbocycles. The van der Waals surface area contributed by atoms with Crippen LogP contribution in [0, 0.1) is 0 Å². The summed E-state index contributed by atoms with van der Waals surface area (Å²) in [6, 6.07) is 6.83. The molecule has 0 unspecified atom stereocenters. The van der Waals surface area contributed by atoms with Crippen molar-refractivity contribution >= 4 is 17.6 Å². The third-order valence-corrected chi connectivity index (χ3v) is 4.10. The van der Waals surface area contributed by atoms with Crippen molar-refractivity contribution in [1.29, 1.82) is 0 Å². The molecule has 0 aromatic heterocycles. The Balaban J connectivity index is 1.65. The molecule has 2 amide bonds. The number of nitrogens with one attached hydrogen (secondary N) is 3. The summed E-state index contributed by atoms with van der Waals surface area (Å²) >= 11 is 0. The van der Waals surface area contributed by atoms with Gasteiger partial charge in [0.05, 0.1) is 13.7 Å². The predicted octanol–water partition coefficient (Wildman–Crippen LogP) is 0.643. The maximum absolute atomic E-state index is 12.0. The van der Waals surface area contributed by atoms with Gasteiger partial charge in [-0.05, 0) is 43.7 Å². The first-order valence-electron chi connectivity index (χ1n) is 8.52. The first-order valence-corrected chi connectivity index (χ1v) is 8.52. The SMILES string of the molecule is COc1ccc(C(=O)CNC(=O)CCC(=O)N[C@H]2CCCNC2)cc1. The third kappa shape index (κ3) is 6.54. The van der Waals surface area contributed by atoms with E-state index in [1.807, 2.05) is 0 Å². The first-order chi connectivity index (χ1) is 12.1. The van der Waals surface area contributed by atoms with Crippen molar-refractivity contribution < 1.29 is 19.1 Å². The summed E-state index contributed by atoms with van der Waals surface area (Å²) < 4.78 is 5.03. The lowest BCUT2D eigenvalue weighted by Crippen LogP contribution is -2.45. The van der Waals surface area contributed by atoms with Crippen molar-refractivity contribution in [2.45, 2.75) is 31.7 Å². The van der Waals surface area contributed by atoms with Crippen molar-refractivity contribution in [2.75, 3.05) is 26.7 Å². The molecule has 3 N–H and O–H groups in total. The average molecular weight is 347 g/mol. The lowest BCUT2D eigenvalue weighted by molar-refractivity contribution is -0.126. The summed E-state index contributed by atoms with van der Waals surface area (Å²) in [6.07, 6.45) is 2.20. The van der Waals surface area contributed by atoms with Gasteiger partial charge in [0, 0.05) is 31.0 Å². The molecule has 25 heavy (non-hydrogen) atoms. The number of Topliss-reactive ketones (excluding diaryl/α,β-unsaturated/α-hetero) is 1. The molecule has 1 aliphatic rings. The van der Waals surface area contributed by atoms with Crippen LogP contribution in [0.5, 0.6) is 5.75 Å². The Labute approximate surface area is 147 Å². The lowest BCUT2D eigenvalue weighted by Gasteiger charge is -2.23. The molecule has 2 rings (SSSR count). The Morgan fingerprint density at radius 2 is 1.88 bits per heavy atom. The highest BCUT2D eigenvalue weighted by Crippen LogP contribution is 2.11. The van der Waals surface area contributed by atoms with E-state index in [4.69, 9.17) is 4.74 Å². The Bertz CT molecular complexity index is 595. The second-order valence-electron chi connectivity index (χ2n) is 6.04. The standard InChI is InChI=1S/C18H25N3O4/c1-25-15-6-4-13(5-7-15)16(22)12-20-17(23)8-9-18(24)21-14-3-2-10-19-11-14/h4-7,14,19H,2-3,8-12H2,1H3,(H,20,23)(H,21,24)/t14-/m0/s1. The van der Waals surface area contributed by atoms with E-state index in [2.05, 4.69) is 16.0 Å². The van der Waals surface area contributed by atoms with Gasteiger partial charge in [-0.3, -0.25) is 14.4 Å². The number of amides is 2. The summed E-state index contributed by atoms with van der Waals surface area (Å²) in [5.74, 6) is 0.0395. The minimum absolute atomic E-state index is 0.0713. The Hall–Kier alpha value is -2.41. The highest BCUT2D eigenvalue weighted by atomic mass is 16.5. The van der Waals surface area contributed by atoms with Gasteiger partial charge in [0.15, 0.2) is 5.78 Å². The fourth-order valence-corrected chi connectivity index (χ4v) is 2.65. The topological polar surface area (TPSA) is 96.5 Å². The lowest BCUT2D eigenvalue weighted by atomic mass is 10.1. The molecule has 1 heterocycles. The van der Waals surface area contributed by atoms with E-state index >= 15 is 0 Å². The molecule has 1 aromatic rings. The molecule has 0 radical (unpaired) electrons. The highest BCUT2D eigenvalue weighted by molar-refractivity contribution is 5.99. The zero-order chi connectivity index (χ0) is 18.1. The predicted molar refractivity (Wildman–Crippen MR) is 93.6 cm³/mol. The van der Waals surface area contributed by atoms with Crippen LogP contribution in [0.3, 0.4) is 0 Å². The van der Waals surface area contributed by atoms with Gasteiger partial charge in [0.25, 0.3) is 0 Å². The van der Waals surface area contributed by atoms with E-state index < -0.39 is 0 Å². The summed E-state index contributed by atoms with van der Waals surface area (Å²) in [6.45, 7) is 1.67. The number of ketones is 1. The summed E-state index contributed by atoms with van der Waals surface area (Å²) in [4.78, 5) is 35.6. The zero-order valence-electron chi connectivity index (χ0n) is 14.5. The van der Waals surface area contributed by atoms with Gasteiger partial charge in [-0.1, -0.05) is 0 Å². The van der Waals surface area contributed by atoms with Crippen LogP contribution in [0.1, 0.15) is 36.0 Å². The van der Waals surface area contributed by atoms with Gasteiger partial charge in [0.2, 0.25) is 11.8 Å². The van der Waals surface area contributed by atoms with Crippen molar-refractivity contribution in [3.05, 3.63) is 29.8 Å². The van der Waals surface area contributed by atoms with Gasteiger partial charge in [-0.15, -0.1) is 0 Å². The van der Waals surface area contributed by atoms with Crippen LogP contribution < -0.4 is 20.7 Å². The van der Waals surface area contributed by atoms with E-state index in [9.17, 15) is 14.4 Å². The summed E-state index contributed by atoms with van der Waals surface area (Å²) in [5, 5.41) is 8.69. The normalized spacial score (nSPS) is 16.8. The van der Waals surface area contributed by atoms with Crippen LogP contribution in [-0.4, -0.2) is 50.4 Å². The minimum Gasteiger partial charge on any atom is -0.497 e. The van der Waals surface area contributed by atoms with Crippen LogP contribution >= 0.6 is 0 Å². The van der Waals surface area contributed by atoms with Gasteiger partial charge >= 0.3 is 0 Å². The smallest absolute Gasteiger partial charge is 0.220 e. The Morgan fingerprint density at radius 3 is 2.52 bits per heavy atom. The number of methoxy groups -OCH3 is 1. The van der Waals surface area contributed by atoms with Gasteiger partial charge in [-0.2, -0.15) is 0 Å². The monoisotopic (exact) mass is 347 g/mol. The molecule has 1 saturated heterocycles. The second-order valence-corrected chi connectivity index (χ2v) is 6.04. The van der Waals surface area contributed by atoms with Crippen molar-refractivity contribution in [2.24, 2.45) is 0 Å². The molecule has 0 bridgehead atoms. The second kappa shape index (κ2) is 9.78. The number of rotatable bonds is 8. The molecule has 7 nitrogen and oxygen atoms in total. The number of piperidine rings is 1. The maximum Gasteiger partial charge on any atom is 0.220 e. The number of carbonyl (C=O) groups excluding carboxylic acids is 3. The van der Waals surface area contributed by atoms with Gasteiger partial charge in [-0.25, -0.2) is 0 Å². The van der Waals surface area contributed by atoms with E-state index in [0.717, 1.165) is 25.9 Å². The number of hydrogen-bond acceptors (Lipinski definition) is 5. The largest absolute Gasteiger partial charge is 0.497 e. The molecular formula is C18H25N3O4. The van der Waals surface area contributed by atoms with Gasteiger partial charge < -0.3 is 20.7 Å².